The lowest BCUT2D eigenvalue weighted by Gasteiger charge is -2.13. The van der Waals surface area contributed by atoms with Gasteiger partial charge in [0.25, 0.3) is 0 Å². The van der Waals surface area contributed by atoms with Crippen molar-refractivity contribution in [3.05, 3.63) is 54.1 Å². The van der Waals surface area contributed by atoms with Crippen molar-refractivity contribution in [2.24, 2.45) is 0 Å². The molecule has 0 spiro atoms. The number of thiocarbonyl (C=S) groups is 1. The van der Waals surface area contributed by atoms with Crippen LogP contribution >= 0.6 is 24.0 Å². The molecule has 122 valence electrons. The SMILES string of the molecule is CN(C)C(=S)SCc1ccc(-c2ccccc2-c2nn[nH]n2)cc1. The molecule has 0 saturated carbocycles. The number of nitrogens with zero attached hydrogens (tertiary/aromatic N) is 4. The molecule has 0 radical (unpaired) electrons. The molecule has 2 aromatic carbocycles. The Bertz CT molecular complexity index is 813. The minimum absolute atomic E-state index is 0.599. The van der Waals surface area contributed by atoms with E-state index in [1.165, 1.54) is 5.56 Å². The number of thioether (sulfide) groups is 1. The average molecular weight is 355 g/mol. The first-order chi connectivity index (χ1) is 11.6. The number of hydrogen-bond donors (Lipinski definition) is 1. The summed E-state index contributed by atoms with van der Waals surface area (Å²) < 4.78 is 0.890. The Hall–Kier alpha value is -2.25. The Morgan fingerprint density at radius 3 is 2.42 bits per heavy atom. The first-order valence-corrected chi connectivity index (χ1v) is 8.81. The number of nitrogens with one attached hydrogen (secondary N) is 1. The molecule has 5 nitrogen and oxygen atoms in total. The molecule has 24 heavy (non-hydrogen) atoms. The van der Waals surface area contributed by atoms with Crippen molar-refractivity contribution >= 4 is 28.3 Å². The predicted octanol–water partition coefficient (Wildman–Crippen LogP) is 3.61. The number of hydrogen-bond acceptors (Lipinski definition) is 5. The monoisotopic (exact) mass is 355 g/mol. The Morgan fingerprint density at radius 2 is 1.79 bits per heavy atom. The molecule has 1 aromatic heterocycles. The first kappa shape index (κ1) is 16.6. The molecule has 0 bridgehead atoms. The van der Waals surface area contributed by atoms with Crippen LogP contribution in [0.1, 0.15) is 5.56 Å². The predicted molar refractivity (Wildman–Crippen MR) is 103 cm³/mol. The highest BCUT2D eigenvalue weighted by molar-refractivity contribution is 8.22. The highest BCUT2D eigenvalue weighted by Crippen LogP contribution is 2.30. The smallest absolute Gasteiger partial charge is 0.205 e. The van der Waals surface area contributed by atoms with Gasteiger partial charge in [-0.25, -0.2) is 0 Å². The fourth-order valence-electron chi connectivity index (χ4n) is 2.26. The van der Waals surface area contributed by atoms with E-state index in [0.717, 1.165) is 26.8 Å². The summed E-state index contributed by atoms with van der Waals surface area (Å²) in [5, 5.41) is 14.3. The summed E-state index contributed by atoms with van der Waals surface area (Å²) in [6.07, 6.45) is 0. The van der Waals surface area contributed by atoms with Crippen LogP contribution in [0.3, 0.4) is 0 Å². The van der Waals surface area contributed by atoms with Crippen LogP contribution in [-0.2, 0) is 5.75 Å². The van der Waals surface area contributed by atoms with E-state index in [2.05, 4.69) is 51.0 Å². The lowest BCUT2D eigenvalue weighted by atomic mass is 9.98. The lowest BCUT2D eigenvalue weighted by Crippen LogP contribution is -2.16. The minimum atomic E-state index is 0.599. The molecule has 0 atom stereocenters. The van der Waals surface area contributed by atoms with E-state index in [4.69, 9.17) is 12.2 Å². The molecule has 1 heterocycles. The summed E-state index contributed by atoms with van der Waals surface area (Å²) in [4.78, 5) is 1.95. The molecule has 3 rings (SSSR count). The van der Waals surface area contributed by atoms with E-state index in [1.807, 2.05) is 37.2 Å². The van der Waals surface area contributed by atoms with Gasteiger partial charge in [0, 0.05) is 25.4 Å². The molecule has 0 unspecified atom stereocenters. The summed E-state index contributed by atoms with van der Waals surface area (Å²) in [5.41, 5.74) is 4.41. The molecule has 3 aromatic rings. The third kappa shape index (κ3) is 3.80. The van der Waals surface area contributed by atoms with Crippen molar-refractivity contribution in [1.29, 1.82) is 0 Å². The standard InChI is InChI=1S/C17H17N5S2/c1-22(2)17(23)24-11-12-7-9-13(10-8-12)14-5-3-4-6-15(14)16-18-20-21-19-16/h3-10H,11H2,1-2H3,(H,18,19,20,21). The van der Waals surface area contributed by atoms with Gasteiger partial charge < -0.3 is 4.90 Å². The highest BCUT2D eigenvalue weighted by atomic mass is 32.2. The topological polar surface area (TPSA) is 57.7 Å². The van der Waals surface area contributed by atoms with E-state index < -0.39 is 0 Å². The zero-order chi connectivity index (χ0) is 16.9. The van der Waals surface area contributed by atoms with Crippen LogP contribution in [0.25, 0.3) is 22.5 Å². The average Bonchev–Trinajstić information content (AvgIpc) is 3.14. The van der Waals surface area contributed by atoms with Crippen molar-refractivity contribution in [1.82, 2.24) is 25.5 Å². The molecule has 0 amide bonds. The van der Waals surface area contributed by atoms with Crippen LogP contribution < -0.4 is 0 Å². The van der Waals surface area contributed by atoms with Gasteiger partial charge in [-0.15, -0.1) is 10.2 Å². The van der Waals surface area contributed by atoms with Gasteiger partial charge in [-0.2, -0.15) is 5.21 Å². The van der Waals surface area contributed by atoms with Gasteiger partial charge in [0.1, 0.15) is 4.32 Å². The summed E-state index contributed by atoms with van der Waals surface area (Å²) in [7, 11) is 3.93. The summed E-state index contributed by atoms with van der Waals surface area (Å²) in [5.74, 6) is 1.46. The molecule has 0 saturated heterocycles. The second-order valence-corrected chi connectivity index (χ2v) is 7.04. The van der Waals surface area contributed by atoms with Crippen LogP contribution in [0.15, 0.2) is 48.5 Å². The van der Waals surface area contributed by atoms with E-state index in [-0.39, 0.29) is 0 Å². The Morgan fingerprint density at radius 1 is 1.08 bits per heavy atom. The largest absolute Gasteiger partial charge is 0.364 e. The maximum absolute atomic E-state index is 5.31. The van der Waals surface area contributed by atoms with Crippen molar-refractivity contribution in [3.8, 4) is 22.5 Å². The van der Waals surface area contributed by atoms with Gasteiger partial charge in [0.2, 0.25) is 5.82 Å². The second kappa shape index (κ2) is 7.55. The van der Waals surface area contributed by atoms with E-state index in [1.54, 1.807) is 11.8 Å². The van der Waals surface area contributed by atoms with Gasteiger partial charge in [-0.05, 0) is 21.9 Å². The zero-order valence-corrected chi connectivity index (χ0v) is 15.1. The Balaban J connectivity index is 1.81. The Labute approximate surface area is 150 Å². The van der Waals surface area contributed by atoms with Crippen LogP contribution in [0.4, 0.5) is 0 Å². The second-order valence-electron chi connectivity index (χ2n) is 5.43. The number of aromatic nitrogens is 4. The maximum Gasteiger partial charge on any atom is 0.205 e. The van der Waals surface area contributed by atoms with Crippen LogP contribution in [-0.4, -0.2) is 43.9 Å². The number of tetrazole rings is 1. The molecular formula is C17H17N5S2. The van der Waals surface area contributed by atoms with Crippen molar-refractivity contribution < 1.29 is 0 Å². The lowest BCUT2D eigenvalue weighted by molar-refractivity contribution is 0.648. The number of H-pyrrole nitrogens is 1. The van der Waals surface area contributed by atoms with Crippen molar-refractivity contribution in [3.63, 3.8) is 0 Å². The molecule has 0 fully saturated rings. The van der Waals surface area contributed by atoms with E-state index in [9.17, 15) is 0 Å². The number of benzene rings is 2. The first-order valence-electron chi connectivity index (χ1n) is 7.41. The maximum atomic E-state index is 5.31. The summed E-state index contributed by atoms with van der Waals surface area (Å²) >= 11 is 6.97. The van der Waals surface area contributed by atoms with Gasteiger partial charge in [-0.3, -0.25) is 0 Å². The van der Waals surface area contributed by atoms with Gasteiger partial charge in [-0.1, -0.05) is 72.5 Å². The zero-order valence-electron chi connectivity index (χ0n) is 13.4. The summed E-state index contributed by atoms with van der Waals surface area (Å²) in [6.45, 7) is 0. The van der Waals surface area contributed by atoms with Gasteiger partial charge in [0.15, 0.2) is 0 Å². The quantitative estimate of drug-likeness (QED) is 0.722. The van der Waals surface area contributed by atoms with E-state index in [0.29, 0.717) is 5.82 Å². The molecular weight excluding hydrogens is 338 g/mol. The van der Waals surface area contributed by atoms with Crippen LogP contribution in [0.5, 0.6) is 0 Å². The van der Waals surface area contributed by atoms with Gasteiger partial charge in [0.05, 0.1) is 0 Å². The third-order valence-corrected chi connectivity index (χ3v) is 5.31. The summed E-state index contributed by atoms with van der Waals surface area (Å²) in [6, 6.07) is 16.6. The van der Waals surface area contributed by atoms with E-state index >= 15 is 0 Å². The molecule has 0 aliphatic carbocycles. The minimum Gasteiger partial charge on any atom is -0.364 e. The number of rotatable bonds is 4. The Kier molecular flexibility index (Phi) is 5.22. The molecule has 7 heteroatoms. The highest BCUT2D eigenvalue weighted by Gasteiger charge is 2.10. The molecule has 0 aliphatic heterocycles. The molecule has 0 aliphatic rings. The van der Waals surface area contributed by atoms with Crippen molar-refractivity contribution in [2.45, 2.75) is 5.75 Å². The number of aromatic amines is 1. The fraction of sp³-hybridized carbons (Fsp3) is 0.176. The third-order valence-electron chi connectivity index (χ3n) is 3.51. The fourth-order valence-corrected chi connectivity index (χ4v) is 3.18. The van der Waals surface area contributed by atoms with Gasteiger partial charge >= 0.3 is 0 Å². The molecule has 1 N–H and O–H groups in total. The van der Waals surface area contributed by atoms with Crippen LogP contribution in [0, 0.1) is 0 Å². The normalized spacial score (nSPS) is 10.6. The van der Waals surface area contributed by atoms with Crippen LogP contribution in [0.2, 0.25) is 0 Å². The van der Waals surface area contributed by atoms with Crippen molar-refractivity contribution in [2.75, 3.05) is 14.1 Å².